The number of furan rings is 1. The van der Waals surface area contributed by atoms with E-state index in [0.29, 0.717) is 29.1 Å². The Balaban J connectivity index is 1.54. The molecular formula is C21H24N2O3. The van der Waals surface area contributed by atoms with Crippen LogP contribution in [0.15, 0.2) is 28.7 Å². The van der Waals surface area contributed by atoms with E-state index in [1.807, 2.05) is 18.2 Å². The summed E-state index contributed by atoms with van der Waals surface area (Å²) in [6, 6.07) is 7.95. The lowest BCUT2D eigenvalue weighted by Crippen LogP contribution is -2.20. The fourth-order valence-corrected chi connectivity index (χ4v) is 4.02. The van der Waals surface area contributed by atoms with Gasteiger partial charge in [0.2, 0.25) is 0 Å². The Hall–Kier alpha value is -2.40. The summed E-state index contributed by atoms with van der Waals surface area (Å²) in [7, 11) is 0. The van der Waals surface area contributed by atoms with Gasteiger partial charge in [0.25, 0.3) is 5.91 Å². The lowest BCUT2D eigenvalue weighted by molar-refractivity contribution is 0.0955. The number of aryl methyl sites for hydroxylation is 2. The van der Waals surface area contributed by atoms with E-state index in [9.17, 15) is 9.59 Å². The minimum atomic E-state index is -0.263. The van der Waals surface area contributed by atoms with Crippen LogP contribution in [0.5, 0.6) is 0 Å². The summed E-state index contributed by atoms with van der Waals surface area (Å²) in [5.41, 5.74) is 2.82. The molecule has 0 atom stereocenters. The number of carbonyl (C=O) groups excluding carboxylic acids is 2. The summed E-state index contributed by atoms with van der Waals surface area (Å²) in [6.45, 7) is 4.94. The molecule has 1 aliphatic carbocycles. The molecule has 1 fully saturated rings. The fraction of sp³-hybridized carbons (Fsp3) is 0.429. The molecule has 0 unspecified atom stereocenters. The number of hydrogen-bond acceptors (Lipinski definition) is 4. The van der Waals surface area contributed by atoms with Crippen LogP contribution in [0.25, 0.3) is 0 Å². The van der Waals surface area contributed by atoms with Gasteiger partial charge in [0.1, 0.15) is 11.5 Å². The van der Waals surface area contributed by atoms with Gasteiger partial charge in [0.15, 0.2) is 5.78 Å². The third-order valence-corrected chi connectivity index (χ3v) is 5.26. The number of benzene rings is 1. The SMILES string of the molecule is Cc1oc2c(c1C(=O)Nc1cccc(CN3CCCC3)c1)C(=O)CCC2. The molecule has 2 aromatic rings. The highest BCUT2D eigenvalue weighted by Crippen LogP contribution is 2.30. The molecule has 1 aromatic heterocycles. The Morgan fingerprint density at radius 2 is 2.00 bits per heavy atom. The molecule has 2 aliphatic rings. The number of ketones is 1. The number of carbonyl (C=O) groups is 2. The number of nitrogens with zero attached hydrogens (tertiary/aromatic N) is 1. The molecule has 4 rings (SSSR count). The van der Waals surface area contributed by atoms with Gasteiger partial charge < -0.3 is 9.73 Å². The second-order valence-electron chi connectivity index (χ2n) is 7.25. The lowest BCUT2D eigenvalue weighted by Gasteiger charge is -2.15. The highest BCUT2D eigenvalue weighted by molar-refractivity contribution is 6.14. The van der Waals surface area contributed by atoms with E-state index in [-0.39, 0.29) is 11.7 Å². The van der Waals surface area contributed by atoms with Crippen molar-refractivity contribution in [2.24, 2.45) is 0 Å². The molecule has 1 aromatic carbocycles. The van der Waals surface area contributed by atoms with E-state index < -0.39 is 0 Å². The monoisotopic (exact) mass is 352 g/mol. The smallest absolute Gasteiger partial charge is 0.259 e. The molecule has 1 amide bonds. The van der Waals surface area contributed by atoms with Gasteiger partial charge in [0.05, 0.1) is 11.1 Å². The zero-order chi connectivity index (χ0) is 18.1. The average molecular weight is 352 g/mol. The van der Waals surface area contributed by atoms with Crippen molar-refractivity contribution in [3.8, 4) is 0 Å². The third kappa shape index (κ3) is 3.31. The predicted octanol–water partition coefficient (Wildman–Crippen LogP) is 3.96. The molecule has 0 saturated carbocycles. The highest BCUT2D eigenvalue weighted by atomic mass is 16.3. The maximum atomic E-state index is 12.8. The minimum Gasteiger partial charge on any atom is -0.465 e. The van der Waals surface area contributed by atoms with Crippen molar-refractivity contribution in [1.82, 2.24) is 4.90 Å². The van der Waals surface area contributed by atoms with Gasteiger partial charge in [-0.3, -0.25) is 14.5 Å². The molecule has 5 heteroatoms. The number of rotatable bonds is 4. The van der Waals surface area contributed by atoms with Crippen LogP contribution >= 0.6 is 0 Å². The highest BCUT2D eigenvalue weighted by Gasteiger charge is 2.30. The van der Waals surface area contributed by atoms with Crippen LogP contribution in [0.4, 0.5) is 5.69 Å². The molecule has 0 bridgehead atoms. The molecular weight excluding hydrogens is 328 g/mol. The van der Waals surface area contributed by atoms with Crippen LogP contribution in [-0.2, 0) is 13.0 Å². The molecule has 0 spiro atoms. The number of hydrogen-bond donors (Lipinski definition) is 1. The van der Waals surface area contributed by atoms with E-state index in [4.69, 9.17) is 4.42 Å². The number of Topliss-reactive ketones (excluding diaryl/α,β-unsaturated/α-hetero) is 1. The van der Waals surface area contributed by atoms with E-state index in [1.165, 1.54) is 18.4 Å². The zero-order valence-electron chi connectivity index (χ0n) is 15.1. The van der Waals surface area contributed by atoms with Gasteiger partial charge in [-0.25, -0.2) is 0 Å². The van der Waals surface area contributed by atoms with E-state index in [2.05, 4.69) is 16.3 Å². The summed E-state index contributed by atoms with van der Waals surface area (Å²) >= 11 is 0. The van der Waals surface area contributed by atoms with E-state index in [0.717, 1.165) is 38.2 Å². The summed E-state index contributed by atoms with van der Waals surface area (Å²) in [4.78, 5) is 27.5. The van der Waals surface area contributed by atoms with Gasteiger partial charge in [-0.2, -0.15) is 0 Å². The van der Waals surface area contributed by atoms with Gasteiger partial charge in [-0.15, -0.1) is 0 Å². The molecule has 1 saturated heterocycles. The van der Waals surface area contributed by atoms with Crippen LogP contribution in [0.1, 0.15) is 63.5 Å². The Labute approximate surface area is 153 Å². The first-order valence-corrected chi connectivity index (χ1v) is 9.40. The largest absolute Gasteiger partial charge is 0.465 e. The van der Waals surface area contributed by atoms with E-state index >= 15 is 0 Å². The number of nitrogens with one attached hydrogen (secondary N) is 1. The first-order chi connectivity index (χ1) is 12.6. The summed E-state index contributed by atoms with van der Waals surface area (Å²) in [5, 5.41) is 2.95. The van der Waals surface area contributed by atoms with Crippen molar-refractivity contribution in [1.29, 1.82) is 0 Å². The third-order valence-electron chi connectivity index (χ3n) is 5.26. The van der Waals surface area contributed by atoms with Crippen LogP contribution in [0, 0.1) is 6.92 Å². The standard InChI is InChI=1S/C21H24N2O3/c1-14-19(20-17(24)8-5-9-18(20)26-14)21(25)22-16-7-4-6-15(12-16)13-23-10-2-3-11-23/h4,6-7,12H,2-3,5,8-11,13H2,1H3,(H,22,25). The number of amides is 1. The number of anilines is 1. The topological polar surface area (TPSA) is 62.6 Å². The first-order valence-electron chi connectivity index (χ1n) is 9.40. The lowest BCUT2D eigenvalue weighted by atomic mass is 9.93. The average Bonchev–Trinajstić information content (AvgIpc) is 3.22. The van der Waals surface area contributed by atoms with Crippen LogP contribution < -0.4 is 5.32 Å². The zero-order valence-corrected chi connectivity index (χ0v) is 15.1. The first kappa shape index (κ1) is 17.0. The minimum absolute atomic E-state index is 0.0102. The van der Waals surface area contributed by atoms with E-state index in [1.54, 1.807) is 6.92 Å². The molecule has 1 aliphatic heterocycles. The molecule has 136 valence electrons. The quantitative estimate of drug-likeness (QED) is 0.905. The second kappa shape index (κ2) is 7.08. The van der Waals surface area contributed by atoms with Crippen molar-refractivity contribution in [2.75, 3.05) is 18.4 Å². The van der Waals surface area contributed by atoms with Crippen molar-refractivity contribution < 1.29 is 14.0 Å². The van der Waals surface area contributed by atoms with Crippen LogP contribution in [0.2, 0.25) is 0 Å². The Kier molecular flexibility index (Phi) is 4.64. The molecule has 2 heterocycles. The van der Waals surface area contributed by atoms with Crippen molar-refractivity contribution in [3.63, 3.8) is 0 Å². The maximum absolute atomic E-state index is 12.8. The summed E-state index contributed by atoms with van der Waals surface area (Å²) in [6.07, 6.45) is 4.52. The van der Waals surface area contributed by atoms with Gasteiger partial charge in [-0.05, 0) is 57.0 Å². The van der Waals surface area contributed by atoms with Crippen molar-refractivity contribution in [2.45, 2.75) is 45.6 Å². The van der Waals surface area contributed by atoms with Crippen molar-refractivity contribution >= 4 is 17.4 Å². The van der Waals surface area contributed by atoms with Crippen LogP contribution in [0.3, 0.4) is 0 Å². The fourth-order valence-electron chi connectivity index (χ4n) is 4.02. The summed E-state index contributed by atoms with van der Waals surface area (Å²) < 4.78 is 5.69. The van der Waals surface area contributed by atoms with Gasteiger partial charge >= 0.3 is 0 Å². The molecule has 1 N–H and O–H groups in total. The normalized spacial score (nSPS) is 17.3. The molecule has 0 radical (unpaired) electrons. The maximum Gasteiger partial charge on any atom is 0.259 e. The Morgan fingerprint density at radius 1 is 1.19 bits per heavy atom. The summed E-state index contributed by atoms with van der Waals surface area (Å²) in [5.74, 6) is 0.930. The van der Waals surface area contributed by atoms with Gasteiger partial charge in [-0.1, -0.05) is 12.1 Å². The molecule has 26 heavy (non-hydrogen) atoms. The second-order valence-corrected chi connectivity index (χ2v) is 7.25. The van der Waals surface area contributed by atoms with Gasteiger partial charge in [0, 0.05) is 25.1 Å². The van der Waals surface area contributed by atoms with Crippen LogP contribution in [-0.4, -0.2) is 29.7 Å². The predicted molar refractivity (Wildman–Crippen MR) is 99.6 cm³/mol. The Morgan fingerprint density at radius 3 is 2.81 bits per heavy atom. The molecule has 5 nitrogen and oxygen atoms in total. The number of fused-ring (bicyclic) bond motifs is 1. The van der Waals surface area contributed by atoms with Crippen molar-refractivity contribution in [3.05, 3.63) is 52.5 Å². The number of likely N-dealkylation sites (tertiary alicyclic amines) is 1. The Bertz CT molecular complexity index is 847.